The van der Waals surface area contributed by atoms with Gasteiger partial charge >= 0.3 is 5.97 Å². The molecule has 0 bridgehead atoms. The third-order valence-electron chi connectivity index (χ3n) is 3.81. The molecule has 0 unspecified atom stereocenters. The van der Waals surface area contributed by atoms with Crippen LogP contribution in [-0.4, -0.2) is 28.5 Å². The van der Waals surface area contributed by atoms with Crippen molar-refractivity contribution >= 4 is 51.2 Å². The van der Waals surface area contributed by atoms with E-state index in [9.17, 15) is 19.7 Å². The lowest BCUT2D eigenvalue weighted by Crippen LogP contribution is -2.36. The first-order chi connectivity index (χ1) is 14.0. The third-order valence-corrected chi connectivity index (χ3v) is 4.91. The number of benzene rings is 1. The SMILES string of the molecule is CCOC(=O)c1c(-c2cccc([N+](=O)[O-])c2)csc1NC(=S)NC(=O)CC(C)(C)C. The Kier molecular flexibility index (Phi) is 7.63. The van der Waals surface area contributed by atoms with Gasteiger partial charge in [0.25, 0.3) is 5.69 Å². The number of non-ortho nitro benzene ring substituents is 1. The largest absolute Gasteiger partial charge is 0.462 e. The summed E-state index contributed by atoms with van der Waals surface area (Å²) >= 11 is 6.40. The maximum absolute atomic E-state index is 12.6. The van der Waals surface area contributed by atoms with Gasteiger partial charge in [-0.1, -0.05) is 32.9 Å². The van der Waals surface area contributed by atoms with Crippen molar-refractivity contribution in [3.05, 3.63) is 45.3 Å². The van der Waals surface area contributed by atoms with Crippen LogP contribution in [0.2, 0.25) is 0 Å². The number of amides is 1. The molecule has 2 N–H and O–H groups in total. The van der Waals surface area contributed by atoms with E-state index in [0.717, 1.165) is 0 Å². The predicted octanol–water partition coefficient (Wildman–Crippen LogP) is 4.75. The Morgan fingerprint density at radius 2 is 2.00 bits per heavy atom. The van der Waals surface area contributed by atoms with Crippen LogP contribution >= 0.6 is 23.6 Å². The van der Waals surface area contributed by atoms with Crippen molar-refractivity contribution < 1.29 is 19.2 Å². The van der Waals surface area contributed by atoms with E-state index < -0.39 is 10.9 Å². The second-order valence-corrected chi connectivity index (χ2v) is 8.91. The predicted molar refractivity (Wildman–Crippen MR) is 121 cm³/mol. The summed E-state index contributed by atoms with van der Waals surface area (Å²) < 4.78 is 5.16. The number of carbonyl (C=O) groups excluding carboxylic acids is 2. The summed E-state index contributed by atoms with van der Waals surface area (Å²) in [6, 6.07) is 5.98. The number of thiophene rings is 1. The topological polar surface area (TPSA) is 111 Å². The minimum absolute atomic E-state index is 0.0576. The summed E-state index contributed by atoms with van der Waals surface area (Å²) in [5.74, 6) is -0.834. The molecule has 30 heavy (non-hydrogen) atoms. The molecule has 0 radical (unpaired) electrons. The van der Waals surface area contributed by atoms with Gasteiger partial charge in [0, 0.05) is 29.5 Å². The summed E-state index contributed by atoms with van der Waals surface area (Å²) in [6.45, 7) is 7.66. The maximum atomic E-state index is 12.6. The van der Waals surface area contributed by atoms with E-state index in [1.807, 2.05) is 20.8 Å². The first kappa shape index (κ1) is 23.4. The molecule has 0 fully saturated rings. The number of hydrogen-bond acceptors (Lipinski definition) is 7. The number of nitro benzene ring substituents is 1. The zero-order valence-corrected chi connectivity index (χ0v) is 18.7. The first-order valence-electron chi connectivity index (χ1n) is 9.16. The van der Waals surface area contributed by atoms with Gasteiger partial charge in [0.15, 0.2) is 5.11 Å². The molecule has 0 saturated heterocycles. The first-order valence-corrected chi connectivity index (χ1v) is 10.4. The number of nitrogens with one attached hydrogen (secondary N) is 2. The highest BCUT2D eigenvalue weighted by Crippen LogP contribution is 2.37. The van der Waals surface area contributed by atoms with Crippen LogP contribution in [0.4, 0.5) is 10.7 Å². The van der Waals surface area contributed by atoms with Crippen molar-refractivity contribution in [2.45, 2.75) is 34.1 Å². The molecule has 160 valence electrons. The van der Waals surface area contributed by atoms with Crippen molar-refractivity contribution in [2.75, 3.05) is 11.9 Å². The van der Waals surface area contributed by atoms with Gasteiger partial charge in [0.1, 0.15) is 10.6 Å². The molecule has 10 heteroatoms. The van der Waals surface area contributed by atoms with Crippen LogP contribution in [0, 0.1) is 15.5 Å². The lowest BCUT2D eigenvalue weighted by atomic mass is 9.92. The molecule has 8 nitrogen and oxygen atoms in total. The van der Waals surface area contributed by atoms with Crippen molar-refractivity contribution in [1.82, 2.24) is 5.32 Å². The zero-order valence-electron chi connectivity index (χ0n) is 17.1. The van der Waals surface area contributed by atoms with Gasteiger partial charge in [-0.15, -0.1) is 11.3 Å². The van der Waals surface area contributed by atoms with Gasteiger partial charge in [-0.05, 0) is 30.1 Å². The summed E-state index contributed by atoms with van der Waals surface area (Å²) in [5.41, 5.74) is 0.893. The highest BCUT2D eigenvalue weighted by molar-refractivity contribution is 7.80. The molecule has 0 saturated carbocycles. The van der Waals surface area contributed by atoms with E-state index >= 15 is 0 Å². The molecule has 1 heterocycles. The second kappa shape index (κ2) is 9.77. The highest BCUT2D eigenvalue weighted by atomic mass is 32.1. The van der Waals surface area contributed by atoms with Crippen molar-refractivity contribution in [1.29, 1.82) is 0 Å². The molecule has 1 aromatic heterocycles. The average Bonchev–Trinajstić information content (AvgIpc) is 3.03. The molecule has 1 aromatic carbocycles. The number of carbonyl (C=O) groups is 2. The summed E-state index contributed by atoms with van der Waals surface area (Å²) in [5, 5.41) is 18.7. The zero-order chi connectivity index (χ0) is 22.5. The van der Waals surface area contributed by atoms with Gasteiger partial charge in [-0.3, -0.25) is 14.9 Å². The smallest absolute Gasteiger partial charge is 0.341 e. The number of ether oxygens (including phenoxy) is 1. The fourth-order valence-electron chi connectivity index (χ4n) is 2.64. The Hall–Kier alpha value is -2.85. The molecular weight excluding hydrogens is 426 g/mol. The fourth-order valence-corrected chi connectivity index (χ4v) is 3.88. The van der Waals surface area contributed by atoms with Crippen LogP contribution in [0.1, 0.15) is 44.5 Å². The molecule has 0 aliphatic heterocycles. The van der Waals surface area contributed by atoms with E-state index in [1.54, 1.807) is 24.4 Å². The standard InChI is InChI=1S/C20H23N3O5S2/c1-5-28-18(25)16-14(12-7-6-8-13(9-12)23(26)27)11-30-17(16)22-19(29)21-15(24)10-20(2,3)4/h6-9,11H,5,10H2,1-4H3,(H2,21,22,24,29). The molecule has 2 rings (SSSR count). The van der Waals surface area contributed by atoms with Crippen LogP contribution in [0.5, 0.6) is 0 Å². The third kappa shape index (κ3) is 6.33. The normalized spacial score (nSPS) is 10.9. The molecular formula is C20H23N3O5S2. The number of nitro groups is 1. The Morgan fingerprint density at radius 1 is 1.30 bits per heavy atom. The number of hydrogen-bond donors (Lipinski definition) is 2. The van der Waals surface area contributed by atoms with E-state index in [0.29, 0.717) is 16.1 Å². The second-order valence-electron chi connectivity index (χ2n) is 7.62. The van der Waals surface area contributed by atoms with Crippen molar-refractivity contribution in [3.63, 3.8) is 0 Å². The van der Waals surface area contributed by atoms with Crippen LogP contribution in [-0.2, 0) is 9.53 Å². The lowest BCUT2D eigenvalue weighted by Gasteiger charge is -2.17. The minimum atomic E-state index is -0.591. The van der Waals surface area contributed by atoms with E-state index in [-0.39, 0.29) is 40.7 Å². The van der Waals surface area contributed by atoms with Crippen LogP contribution in [0.3, 0.4) is 0 Å². The summed E-state index contributed by atoms with van der Waals surface area (Å²) in [6.07, 6.45) is 0.281. The quantitative estimate of drug-likeness (QED) is 0.283. The molecule has 1 amide bonds. The lowest BCUT2D eigenvalue weighted by molar-refractivity contribution is -0.384. The highest BCUT2D eigenvalue weighted by Gasteiger charge is 2.24. The molecule has 0 aliphatic carbocycles. The van der Waals surface area contributed by atoms with E-state index in [2.05, 4.69) is 10.6 Å². The van der Waals surface area contributed by atoms with Crippen molar-refractivity contribution in [2.24, 2.45) is 5.41 Å². The fraction of sp³-hybridized carbons (Fsp3) is 0.350. The number of esters is 1. The van der Waals surface area contributed by atoms with Gasteiger partial charge in [0.2, 0.25) is 5.91 Å². The Morgan fingerprint density at radius 3 is 2.60 bits per heavy atom. The molecule has 0 atom stereocenters. The monoisotopic (exact) mass is 449 g/mol. The molecule has 2 aromatic rings. The number of rotatable bonds is 6. The van der Waals surface area contributed by atoms with Gasteiger partial charge in [-0.25, -0.2) is 4.79 Å². The maximum Gasteiger partial charge on any atom is 0.341 e. The summed E-state index contributed by atoms with van der Waals surface area (Å²) in [7, 11) is 0. The van der Waals surface area contributed by atoms with Gasteiger partial charge < -0.3 is 15.4 Å². The Balaban J connectivity index is 2.34. The molecule has 0 aliphatic rings. The van der Waals surface area contributed by atoms with Crippen molar-refractivity contribution in [3.8, 4) is 11.1 Å². The van der Waals surface area contributed by atoms with Crippen LogP contribution in [0.25, 0.3) is 11.1 Å². The van der Waals surface area contributed by atoms with Crippen LogP contribution < -0.4 is 10.6 Å². The van der Waals surface area contributed by atoms with Gasteiger partial charge in [0.05, 0.1) is 11.5 Å². The number of anilines is 1. The molecule has 0 spiro atoms. The van der Waals surface area contributed by atoms with Crippen LogP contribution in [0.15, 0.2) is 29.6 Å². The average molecular weight is 450 g/mol. The number of thiocarbonyl (C=S) groups is 1. The van der Waals surface area contributed by atoms with Gasteiger partial charge in [-0.2, -0.15) is 0 Å². The Labute approximate surface area is 183 Å². The van der Waals surface area contributed by atoms with E-state index in [4.69, 9.17) is 17.0 Å². The number of nitrogens with zero attached hydrogens (tertiary/aromatic N) is 1. The minimum Gasteiger partial charge on any atom is -0.462 e. The summed E-state index contributed by atoms with van der Waals surface area (Å²) in [4.78, 5) is 35.3. The van der Waals surface area contributed by atoms with E-state index in [1.165, 1.54) is 23.5 Å². The Bertz CT molecular complexity index is 979.